The zero-order chi connectivity index (χ0) is 18.0. The van der Waals surface area contributed by atoms with Crippen LogP contribution in [0.25, 0.3) is 10.9 Å². The van der Waals surface area contributed by atoms with Gasteiger partial charge in [-0.1, -0.05) is 18.2 Å². The van der Waals surface area contributed by atoms with E-state index in [-0.39, 0.29) is 29.5 Å². The number of carbonyl (C=O) groups is 1. The molecule has 0 saturated carbocycles. The number of phenols is 1. The number of aromatic nitrogens is 1. The van der Waals surface area contributed by atoms with Crippen molar-refractivity contribution in [1.82, 2.24) is 10.3 Å². The number of carbonyl (C=O) groups excluding carboxylic acids is 1. The normalized spacial score (nSPS) is 10.6. The number of nitrogens with one attached hydrogen (secondary N) is 1. The number of rotatable bonds is 4. The van der Waals surface area contributed by atoms with Crippen molar-refractivity contribution in [1.29, 1.82) is 0 Å². The van der Waals surface area contributed by atoms with Crippen molar-refractivity contribution in [3.63, 3.8) is 0 Å². The smallest absolute Gasteiger partial charge is 0.270 e. The average molecular weight is 337 g/mol. The molecule has 25 heavy (non-hydrogen) atoms. The fourth-order valence-corrected chi connectivity index (χ4v) is 2.59. The number of hydrogen-bond acceptors (Lipinski definition) is 5. The largest absolute Gasteiger partial charge is 0.508 e. The molecule has 2 aromatic carbocycles. The second kappa shape index (κ2) is 6.56. The van der Waals surface area contributed by atoms with Crippen molar-refractivity contribution in [2.24, 2.45) is 0 Å². The Morgan fingerprint density at radius 3 is 2.76 bits per heavy atom. The van der Waals surface area contributed by atoms with E-state index >= 15 is 0 Å². The number of para-hydroxylation sites is 1. The van der Waals surface area contributed by atoms with Gasteiger partial charge in [0.05, 0.1) is 16.0 Å². The Labute approximate surface area is 143 Å². The summed E-state index contributed by atoms with van der Waals surface area (Å²) < 4.78 is 0. The standard InChI is InChI=1S/C18H15N3O4/c1-11-8-15(14-4-2-3-5-16(14)20-11)18(23)19-10-12-9-13(21(24)25)6-7-17(12)22/h2-9,22H,10H2,1H3,(H,19,23). The molecule has 0 aliphatic rings. The van der Waals surface area contributed by atoms with Crippen LogP contribution >= 0.6 is 0 Å². The maximum Gasteiger partial charge on any atom is 0.270 e. The van der Waals surface area contributed by atoms with Gasteiger partial charge in [0.25, 0.3) is 11.6 Å². The summed E-state index contributed by atoms with van der Waals surface area (Å²) in [5.41, 5.74) is 2.02. The van der Waals surface area contributed by atoms with Crippen molar-refractivity contribution in [3.8, 4) is 5.75 Å². The minimum Gasteiger partial charge on any atom is -0.508 e. The first-order valence-electron chi connectivity index (χ1n) is 7.56. The molecule has 1 aromatic heterocycles. The first-order chi connectivity index (χ1) is 12.0. The van der Waals surface area contributed by atoms with Crippen LogP contribution < -0.4 is 5.32 Å². The summed E-state index contributed by atoms with van der Waals surface area (Å²) in [5, 5.41) is 24.1. The van der Waals surface area contributed by atoms with Crippen molar-refractivity contribution in [3.05, 3.63) is 75.5 Å². The highest BCUT2D eigenvalue weighted by Crippen LogP contribution is 2.23. The third-order valence-corrected chi connectivity index (χ3v) is 3.80. The van der Waals surface area contributed by atoms with Crippen LogP contribution in [0.1, 0.15) is 21.6 Å². The summed E-state index contributed by atoms with van der Waals surface area (Å²) in [6, 6.07) is 12.7. The lowest BCUT2D eigenvalue weighted by Crippen LogP contribution is -2.23. The summed E-state index contributed by atoms with van der Waals surface area (Å²) in [7, 11) is 0. The Hall–Kier alpha value is -3.48. The van der Waals surface area contributed by atoms with Gasteiger partial charge in [-0.25, -0.2) is 0 Å². The second-order valence-electron chi connectivity index (χ2n) is 5.58. The van der Waals surface area contributed by atoms with E-state index in [1.807, 2.05) is 24.3 Å². The highest BCUT2D eigenvalue weighted by atomic mass is 16.6. The van der Waals surface area contributed by atoms with Gasteiger partial charge in [0.2, 0.25) is 0 Å². The fourth-order valence-electron chi connectivity index (χ4n) is 2.59. The molecule has 3 aromatic rings. The highest BCUT2D eigenvalue weighted by molar-refractivity contribution is 6.06. The lowest BCUT2D eigenvalue weighted by atomic mass is 10.1. The summed E-state index contributed by atoms with van der Waals surface area (Å²) in [6.45, 7) is 1.78. The van der Waals surface area contributed by atoms with Crippen molar-refractivity contribution in [2.75, 3.05) is 0 Å². The molecular formula is C18H15N3O4. The Morgan fingerprint density at radius 2 is 2.00 bits per heavy atom. The van der Waals surface area contributed by atoms with E-state index in [0.717, 1.165) is 0 Å². The number of benzene rings is 2. The maximum absolute atomic E-state index is 12.6. The van der Waals surface area contributed by atoms with E-state index in [4.69, 9.17) is 0 Å². The van der Waals surface area contributed by atoms with Gasteiger partial charge in [0.1, 0.15) is 5.75 Å². The molecule has 0 spiro atoms. The molecule has 0 unspecified atom stereocenters. The molecule has 0 radical (unpaired) electrons. The molecule has 1 amide bonds. The molecule has 3 rings (SSSR count). The molecule has 126 valence electrons. The lowest BCUT2D eigenvalue weighted by Gasteiger charge is -2.10. The Bertz CT molecular complexity index is 985. The fraction of sp³-hybridized carbons (Fsp3) is 0.111. The number of amides is 1. The van der Waals surface area contributed by atoms with Gasteiger partial charge in [-0.05, 0) is 25.1 Å². The van der Waals surface area contributed by atoms with Crippen LogP contribution in [-0.4, -0.2) is 20.9 Å². The van der Waals surface area contributed by atoms with Crippen molar-refractivity contribution < 1.29 is 14.8 Å². The Morgan fingerprint density at radius 1 is 1.24 bits per heavy atom. The number of phenolic OH excluding ortho intramolecular Hbond substituents is 1. The number of hydrogen-bond donors (Lipinski definition) is 2. The van der Waals surface area contributed by atoms with Crippen molar-refractivity contribution >= 4 is 22.5 Å². The van der Waals surface area contributed by atoms with Crippen LogP contribution in [0.2, 0.25) is 0 Å². The van der Waals surface area contributed by atoms with Gasteiger partial charge in [-0.15, -0.1) is 0 Å². The minimum absolute atomic E-state index is 0.0257. The van der Waals surface area contributed by atoms with Gasteiger partial charge in [-0.2, -0.15) is 0 Å². The predicted molar refractivity (Wildman–Crippen MR) is 92.4 cm³/mol. The molecule has 7 nitrogen and oxygen atoms in total. The topological polar surface area (TPSA) is 105 Å². The SMILES string of the molecule is Cc1cc(C(=O)NCc2cc([N+](=O)[O-])ccc2O)c2ccccc2n1. The zero-order valence-electron chi connectivity index (χ0n) is 13.4. The van der Waals surface area contributed by atoms with Crippen LogP contribution in [0.4, 0.5) is 5.69 Å². The predicted octanol–water partition coefficient (Wildman–Crippen LogP) is 3.09. The molecule has 7 heteroatoms. The van der Waals surface area contributed by atoms with Crippen LogP contribution in [0.5, 0.6) is 5.75 Å². The number of pyridine rings is 1. The number of nitrogens with zero attached hydrogens (tertiary/aromatic N) is 2. The Balaban J connectivity index is 1.87. The quantitative estimate of drug-likeness (QED) is 0.562. The van der Waals surface area contributed by atoms with Gasteiger partial charge in [0, 0.05) is 35.3 Å². The van der Waals surface area contributed by atoms with E-state index in [0.29, 0.717) is 22.2 Å². The molecule has 0 aliphatic carbocycles. The molecule has 0 saturated heterocycles. The van der Waals surface area contributed by atoms with Crippen LogP contribution in [-0.2, 0) is 6.54 Å². The second-order valence-corrected chi connectivity index (χ2v) is 5.58. The number of fused-ring (bicyclic) bond motifs is 1. The minimum atomic E-state index is -0.551. The van der Waals surface area contributed by atoms with E-state index in [2.05, 4.69) is 10.3 Å². The molecule has 0 aliphatic heterocycles. The summed E-state index contributed by atoms with van der Waals surface area (Å²) in [5.74, 6) is -0.450. The maximum atomic E-state index is 12.6. The van der Waals surface area contributed by atoms with Crippen LogP contribution in [0.3, 0.4) is 0 Å². The van der Waals surface area contributed by atoms with E-state index in [9.17, 15) is 20.0 Å². The number of nitro groups is 1. The van der Waals surface area contributed by atoms with Crippen LogP contribution in [0, 0.1) is 17.0 Å². The number of aromatic hydroxyl groups is 1. The van der Waals surface area contributed by atoms with E-state index < -0.39 is 4.92 Å². The molecule has 0 atom stereocenters. The van der Waals surface area contributed by atoms with Gasteiger partial charge in [-0.3, -0.25) is 19.9 Å². The zero-order valence-corrected chi connectivity index (χ0v) is 13.4. The third-order valence-electron chi connectivity index (χ3n) is 3.80. The number of aryl methyl sites for hydroxylation is 1. The molecule has 1 heterocycles. The number of non-ortho nitro benzene ring substituents is 1. The number of nitro benzene ring substituents is 1. The van der Waals surface area contributed by atoms with Crippen molar-refractivity contribution in [2.45, 2.75) is 13.5 Å². The summed E-state index contributed by atoms with van der Waals surface area (Å²) >= 11 is 0. The van der Waals surface area contributed by atoms with E-state index in [1.54, 1.807) is 13.0 Å². The molecule has 0 bridgehead atoms. The van der Waals surface area contributed by atoms with Crippen LogP contribution in [0.15, 0.2) is 48.5 Å². The summed E-state index contributed by atoms with van der Waals surface area (Å²) in [6.07, 6.45) is 0. The highest BCUT2D eigenvalue weighted by Gasteiger charge is 2.14. The monoisotopic (exact) mass is 337 g/mol. The summed E-state index contributed by atoms with van der Waals surface area (Å²) in [4.78, 5) is 27.2. The van der Waals surface area contributed by atoms with E-state index in [1.165, 1.54) is 18.2 Å². The third kappa shape index (κ3) is 3.40. The first kappa shape index (κ1) is 16.4. The van der Waals surface area contributed by atoms with Gasteiger partial charge in [0.15, 0.2) is 0 Å². The molecule has 2 N–H and O–H groups in total. The Kier molecular flexibility index (Phi) is 4.30. The average Bonchev–Trinajstić information content (AvgIpc) is 2.59. The molecule has 0 fully saturated rings. The molecular weight excluding hydrogens is 322 g/mol. The lowest BCUT2D eigenvalue weighted by molar-refractivity contribution is -0.384. The van der Waals surface area contributed by atoms with Gasteiger partial charge >= 0.3 is 0 Å². The first-order valence-corrected chi connectivity index (χ1v) is 7.56. The van der Waals surface area contributed by atoms with Gasteiger partial charge < -0.3 is 10.4 Å².